The maximum atomic E-state index is 9.35. The van der Waals surface area contributed by atoms with Gasteiger partial charge in [0.05, 0.1) is 0 Å². The molecular weight excluding hydrogens is 174 g/mol. The maximum absolute atomic E-state index is 9.35. The molecule has 0 unspecified atom stereocenters. The van der Waals surface area contributed by atoms with Gasteiger partial charge in [-0.15, -0.1) is 0 Å². The van der Waals surface area contributed by atoms with Gasteiger partial charge in [0.2, 0.25) is 0 Å². The summed E-state index contributed by atoms with van der Waals surface area (Å²) in [5, 5.41) is 11.6. The zero-order chi connectivity index (χ0) is 10.1. The molecule has 0 aliphatic heterocycles. The Morgan fingerprint density at radius 3 is 2.36 bits per heavy atom. The van der Waals surface area contributed by atoms with E-state index in [0.717, 1.165) is 16.5 Å². The van der Waals surface area contributed by atoms with Gasteiger partial charge in [-0.25, -0.2) is 0 Å². The Morgan fingerprint density at radius 1 is 0.929 bits per heavy atom. The molecule has 72 valence electrons. The molecule has 2 rings (SSSR count). The van der Waals surface area contributed by atoms with E-state index in [1.165, 1.54) is 0 Å². The van der Waals surface area contributed by atoms with Crippen LogP contribution in [0.15, 0.2) is 36.4 Å². The van der Waals surface area contributed by atoms with Gasteiger partial charge in [0.1, 0.15) is 5.75 Å². The van der Waals surface area contributed by atoms with Gasteiger partial charge in [0.15, 0.2) is 0 Å². The first-order valence-electron chi connectivity index (χ1n) is 4.57. The summed E-state index contributed by atoms with van der Waals surface area (Å²) in [6.07, 6.45) is 0. The summed E-state index contributed by atoms with van der Waals surface area (Å²) in [5.74, 6) is 0.313. The van der Waals surface area contributed by atoms with E-state index in [1.54, 1.807) is 12.1 Å². The van der Waals surface area contributed by atoms with Crippen molar-refractivity contribution in [3.8, 4) is 5.75 Å². The average molecular weight is 187 g/mol. The van der Waals surface area contributed by atoms with Crippen LogP contribution in [-0.2, 0) is 0 Å². The van der Waals surface area contributed by atoms with Gasteiger partial charge in [-0.3, -0.25) is 0 Å². The lowest BCUT2D eigenvalue weighted by Gasteiger charge is -2.12. The molecule has 0 amide bonds. The van der Waals surface area contributed by atoms with Crippen molar-refractivity contribution < 1.29 is 5.11 Å². The van der Waals surface area contributed by atoms with Crippen molar-refractivity contribution in [1.82, 2.24) is 0 Å². The molecule has 14 heavy (non-hydrogen) atoms. The number of nitrogens with zero attached hydrogens (tertiary/aromatic N) is 1. The molecule has 0 aliphatic rings. The number of aromatic hydroxyl groups is 1. The SMILES string of the molecule is CN(C)c1ccc2ccc(O)cc2c1. The van der Waals surface area contributed by atoms with E-state index < -0.39 is 0 Å². The van der Waals surface area contributed by atoms with Gasteiger partial charge in [0.25, 0.3) is 0 Å². The van der Waals surface area contributed by atoms with E-state index in [1.807, 2.05) is 25.1 Å². The number of fused-ring (bicyclic) bond motifs is 1. The molecular formula is C12H13NO. The van der Waals surface area contributed by atoms with Crippen molar-refractivity contribution in [2.45, 2.75) is 0 Å². The average Bonchev–Trinajstić information content (AvgIpc) is 2.16. The summed E-state index contributed by atoms with van der Waals surface area (Å²) in [5.41, 5.74) is 1.14. The summed E-state index contributed by atoms with van der Waals surface area (Å²) < 4.78 is 0. The topological polar surface area (TPSA) is 23.5 Å². The summed E-state index contributed by atoms with van der Waals surface area (Å²) >= 11 is 0. The molecule has 0 radical (unpaired) electrons. The van der Waals surface area contributed by atoms with E-state index in [4.69, 9.17) is 0 Å². The fourth-order valence-corrected chi connectivity index (χ4v) is 1.50. The van der Waals surface area contributed by atoms with Gasteiger partial charge < -0.3 is 10.0 Å². The smallest absolute Gasteiger partial charge is 0.116 e. The van der Waals surface area contributed by atoms with Gasteiger partial charge in [-0.1, -0.05) is 12.1 Å². The highest BCUT2D eigenvalue weighted by Gasteiger charge is 1.98. The Kier molecular flexibility index (Phi) is 2.04. The summed E-state index contributed by atoms with van der Waals surface area (Å²) in [4.78, 5) is 2.05. The summed E-state index contributed by atoms with van der Waals surface area (Å²) in [7, 11) is 4.01. The Bertz CT molecular complexity index is 463. The Morgan fingerprint density at radius 2 is 1.64 bits per heavy atom. The Hall–Kier alpha value is -1.70. The Labute approximate surface area is 83.4 Å². The van der Waals surface area contributed by atoms with Crippen LogP contribution in [0.4, 0.5) is 5.69 Å². The van der Waals surface area contributed by atoms with E-state index in [2.05, 4.69) is 18.2 Å². The second-order valence-corrected chi connectivity index (χ2v) is 3.61. The number of benzene rings is 2. The molecule has 0 aliphatic carbocycles. The number of hydrogen-bond acceptors (Lipinski definition) is 2. The minimum absolute atomic E-state index is 0.313. The lowest BCUT2D eigenvalue weighted by molar-refractivity contribution is 0.476. The van der Waals surface area contributed by atoms with Crippen LogP contribution in [0, 0.1) is 0 Å². The predicted octanol–water partition coefficient (Wildman–Crippen LogP) is 2.61. The van der Waals surface area contributed by atoms with Crippen LogP contribution in [0.25, 0.3) is 10.8 Å². The molecule has 0 saturated heterocycles. The van der Waals surface area contributed by atoms with Crippen LogP contribution < -0.4 is 4.90 Å². The van der Waals surface area contributed by atoms with Crippen LogP contribution in [-0.4, -0.2) is 19.2 Å². The zero-order valence-electron chi connectivity index (χ0n) is 8.36. The molecule has 2 aromatic carbocycles. The monoisotopic (exact) mass is 187 g/mol. The van der Waals surface area contributed by atoms with Crippen molar-refractivity contribution in [2.24, 2.45) is 0 Å². The third-order valence-electron chi connectivity index (χ3n) is 2.32. The zero-order valence-corrected chi connectivity index (χ0v) is 8.36. The van der Waals surface area contributed by atoms with Crippen molar-refractivity contribution in [3.05, 3.63) is 36.4 Å². The molecule has 0 saturated carbocycles. The van der Waals surface area contributed by atoms with E-state index >= 15 is 0 Å². The van der Waals surface area contributed by atoms with Crippen molar-refractivity contribution in [3.63, 3.8) is 0 Å². The van der Waals surface area contributed by atoms with Crippen LogP contribution in [0.1, 0.15) is 0 Å². The van der Waals surface area contributed by atoms with Crippen molar-refractivity contribution in [1.29, 1.82) is 0 Å². The molecule has 1 N–H and O–H groups in total. The number of anilines is 1. The number of hydrogen-bond donors (Lipinski definition) is 1. The second-order valence-electron chi connectivity index (χ2n) is 3.61. The number of rotatable bonds is 1. The fraction of sp³-hybridized carbons (Fsp3) is 0.167. The minimum atomic E-state index is 0.313. The molecule has 0 heterocycles. The molecule has 0 bridgehead atoms. The van der Waals surface area contributed by atoms with Gasteiger partial charge in [0, 0.05) is 19.8 Å². The first kappa shape index (κ1) is 8.88. The van der Waals surface area contributed by atoms with Gasteiger partial charge >= 0.3 is 0 Å². The van der Waals surface area contributed by atoms with Gasteiger partial charge in [-0.05, 0) is 35.0 Å². The highest BCUT2D eigenvalue weighted by Crippen LogP contribution is 2.24. The number of phenols is 1. The molecule has 0 spiro atoms. The highest BCUT2D eigenvalue weighted by atomic mass is 16.3. The number of phenolic OH excluding ortho intramolecular Hbond substituents is 1. The summed E-state index contributed by atoms with van der Waals surface area (Å²) in [6, 6.07) is 11.6. The first-order chi connectivity index (χ1) is 6.66. The second kappa shape index (κ2) is 3.22. The molecule has 0 aromatic heterocycles. The largest absolute Gasteiger partial charge is 0.508 e. The third-order valence-corrected chi connectivity index (χ3v) is 2.32. The molecule has 2 nitrogen and oxygen atoms in total. The summed E-state index contributed by atoms with van der Waals surface area (Å²) in [6.45, 7) is 0. The van der Waals surface area contributed by atoms with Crippen LogP contribution >= 0.6 is 0 Å². The van der Waals surface area contributed by atoms with Crippen molar-refractivity contribution in [2.75, 3.05) is 19.0 Å². The van der Waals surface area contributed by atoms with E-state index in [9.17, 15) is 5.11 Å². The van der Waals surface area contributed by atoms with Crippen LogP contribution in [0.3, 0.4) is 0 Å². The van der Waals surface area contributed by atoms with Crippen molar-refractivity contribution >= 4 is 16.5 Å². The molecule has 0 fully saturated rings. The quantitative estimate of drug-likeness (QED) is 0.741. The molecule has 2 heteroatoms. The van der Waals surface area contributed by atoms with Gasteiger partial charge in [-0.2, -0.15) is 0 Å². The lowest BCUT2D eigenvalue weighted by Crippen LogP contribution is -2.07. The Balaban J connectivity index is 2.63. The third kappa shape index (κ3) is 1.51. The minimum Gasteiger partial charge on any atom is -0.508 e. The standard InChI is InChI=1S/C12H13NO/c1-13(2)11-5-3-9-4-6-12(14)8-10(9)7-11/h3-8,14H,1-2H3. The lowest BCUT2D eigenvalue weighted by atomic mass is 10.1. The molecule has 2 aromatic rings. The maximum Gasteiger partial charge on any atom is 0.116 e. The normalized spacial score (nSPS) is 10.4. The van der Waals surface area contributed by atoms with Crippen LogP contribution in [0.5, 0.6) is 5.75 Å². The molecule has 0 atom stereocenters. The van der Waals surface area contributed by atoms with E-state index in [-0.39, 0.29) is 0 Å². The van der Waals surface area contributed by atoms with E-state index in [0.29, 0.717) is 5.75 Å². The highest BCUT2D eigenvalue weighted by molar-refractivity contribution is 5.87. The predicted molar refractivity (Wildman–Crippen MR) is 59.9 cm³/mol. The first-order valence-corrected chi connectivity index (χ1v) is 4.57. The fourth-order valence-electron chi connectivity index (χ4n) is 1.50. The van der Waals surface area contributed by atoms with Crippen LogP contribution in [0.2, 0.25) is 0 Å².